The molecule has 1 aliphatic carbocycles. The number of aromatic nitrogens is 3. The van der Waals surface area contributed by atoms with E-state index in [0.29, 0.717) is 55.9 Å². The minimum absolute atomic E-state index is 0.0152. The fourth-order valence-electron chi connectivity index (χ4n) is 8.79. The molecular weight excluding hydrogens is 989 g/mol. The summed E-state index contributed by atoms with van der Waals surface area (Å²) in [5.41, 5.74) is 4.28. The summed E-state index contributed by atoms with van der Waals surface area (Å²) in [4.78, 5) is 73.5. The number of aliphatic hydroxyl groups is 1. The Morgan fingerprint density at radius 3 is 2.27 bits per heavy atom. The van der Waals surface area contributed by atoms with Gasteiger partial charge in [0.15, 0.2) is 5.67 Å². The molecule has 3 aromatic carbocycles. The predicted octanol–water partition coefficient (Wildman–Crippen LogP) is 6.96. The van der Waals surface area contributed by atoms with Gasteiger partial charge in [0, 0.05) is 81.5 Å². The van der Waals surface area contributed by atoms with E-state index in [4.69, 9.17) is 4.74 Å². The number of rotatable bonds is 18. The van der Waals surface area contributed by atoms with E-state index < -0.39 is 63.9 Å². The van der Waals surface area contributed by atoms with Crippen LogP contribution in [-0.2, 0) is 39.4 Å². The second-order valence-electron chi connectivity index (χ2n) is 19.0. The number of anilines is 3. The third kappa shape index (κ3) is 12.5. The maximum atomic E-state index is 15.2. The highest BCUT2D eigenvalue weighted by Gasteiger charge is 2.54. The third-order valence-electron chi connectivity index (χ3n) is 13.3. The summed E-state index contributed by atoms with van der Waals surface area (Å²) in [5.74, 6) is -1.83. The maximum absolute atomic E-state index is 15.2. The largest absolute Gasteiger partial charge is 0.495 e. The number of benzene rings is 3. The number of thioether (sulfide) groups is 1. The van der Waals surface area contributed by atoms with E-state index >= 15 is 4.39 Å². The first-order valence-electron chi connectivity index (χ1n) is 23.8. The zero-order valence-corrected chi connectivity index (χ0v) is 42.6. The smallest absolute Gasteiger partial charge is 0.421 e. The number of alkyl halides is 4. The molecule has 1 saturated carbocycles. The fourth-order valence-corrected chi connectivity index (χ4v) is 10.7. The SMILES string of the molecule is CNc1nc(Nc2ccc(C(=O)N3CCN(Cc4ccc(CSC(C)(C)[C@H](NC(=O)C5(F)CC5)C(=O)N5C[C@H](O)C[C@H]5C(=O)NCc5ccc(-c6scnc6C)cc5)cc4)CC3)cc2OC)ncc1C(F)(F)F. The number of hydrogen-bond acceptors (Lipinski definition) is 14. The molecule has 73 heavy (non-hydrogen) atoms. The Kier molecular flexibility index (Phi) is 16.0. The van der Waals surface area contributed by atoms with E-state index in [-0.39, 0.29) is 50.0 Å². The molecule has 0 bridgehead atoms. The number of β-amino-alcohol motifs (C(OH)–C–C–N with tert-alkyl or cyclic N) is 1. The maximum Gasteiger partial charge on any atom is 0.421 e. The zero-order valence-electron chi connectivity index (χ0n) is 41.0. The lowest BCUT2D eigenvalue weighted by Crippen LogP contribution is -2.61. The van der Waals surface area contributed by atoms with Crippen molar-refractivity contribution in [1.29, 1.82) is 0 Å². The topological polar surface area (TPSA) is 194 Å². The Hall–Kier alpha value is -6.36. The Morgan fingerprint density at radius 2 is 1.64 bits per heavy atom. The van der Waals surface area contributed by atoms with Gasteiger partial charge in [-0.3, -0.25) is 24.1 Å². The molecule has 5 aromatic rings. The lowest BCUT2D eigenvalue weighted by molar-refractivity contribution is -0.143. The molecule has 0 spiro atoms. The van der Waals surface area contributed by atoms with Gasteiger partial charge in [-0.1, -0.05) is 48.5 Å². The number of thiazole rings is 1. The third-order valence-corrected chi connectivity index (χ3v) is 15.8. The summed E-state index contributed by atoms with van der Waals surface area (Å²) in [5, 5.41) is 21.7. The molecule has 2 saturated heterocycles. The lowest BCUT2D eigenvalue weighted by atomic mass is 10.00. The van der Waals surface area contributed by atoms with Gasteiger partial charge in [0.05, 0.1) is 35.0 Å². The second kappa shape index (κ2) is 22.0. The summed E-state index contributed by atoms with van der Waals surface area (Å²) in [6.45, 7) is 8.47. The van der Waals surface area contributed by atoms with Crippen LogP contribution in [0.15, 0.2) is 78.4 Å². The molecule has 4 amide bonds. The minimum Gasteiger partial charge on any atom is -0.495 e. The Balaban J connectivity index is 0.841. The van der Waals surface area contributed by atoms with Gasteiger partial charge < -0.3 is 40.9 Å². The minimum atomic E-state index is -4.64. The van der Waals surface area contributed by atoms with Crippen LogP contribution in [0.4, 0.5) is 35.0 Å². The number of ether oxygens (including phenoxy) is 1. The van der Waals surface area contributed by atoms with E-state index in [1.807, 2.05) is 55.5 Å². The van der Waals surface area contributed by atoms with Gasteiger partial charge in [0.2, 0.25) is 17.8 Å². The van der Waals surface area contributed by atoms with Crippen LogP contribution in [0, 0.1) is 6.92 Å². The van der Waals surface area contributed by atoms with E-state index in [9.17, 15) is 37.5 Å². The molecule has 8 rings (SSSR count). The first-order chi connectivity index (χ1) is 34.7. The average molecular weight is 1050 g/mol. The van der Waals surface area contributed by atoms with Crippen molar-refractivity contribution in [3.8, 4) is 16.2 Å². The van der Waals surface area contributed by atoms with Crippen molar-refractivity contribution in [2.75, 3.05) is 57.5 Å². The lowest BCUT2D eigenvalue weighted by Gasteiger charge is -2.37. The van der Waals surface area contributed by atoms with Crippen LogP contribution in [0.5, 0.6) is 5.75 Å². The van der Waals surface area contributed by atoms with E-state index in [0.717, 1.165) is 32.8 Å². The van der Waals surface area contributed by atoms with Crippen LogP contribution in [0.25, 0.3) is 10.4 Å². The van der Waals surface area contributed by atoms with Crippen LogP contribution < -0.4 is 26.0 Å². The number of halogens is 4. The molecular formula is C51H58F4N10O6S2. The molecule has 3 fully saturated rings. The van der Waals surface area contributed by atoms with Gasteiger partial charge in [0.1, 0.15) is 29.2 Å². The van der Waals surface area contributed by atoms with Crippen LogP contribution in [0.2, 0.25) is 0 Å². The molecule has 16 nitrogen and oxygen atoms in total. The molecule has 388 valence electrons. The van der Waals surface area contributed by atoms with Crippen molar-refractivity contribution in [1.82, 2.24) is 40.3 Å². The Labute approximate surface area is 428 Å². The summed E-state index contributed by atoms with van der Waals surface area (Å²) < 4.78 is 59.7. The normalized spacial score (nSPS) is 18.2. The monoisotopic (exact) mass is 1050 g/mol. The van der Waals surface area contributed by atoms with E-state index in [2.05, 4.69) is 41.1 Å². The fraction of sp³-hybridized carbons (Fsp3) is 0.431. The van der Waals surface area contributed by atoms with Crippen molar-refractivity contribution in [2.45, 2.75) is 93.7 Å². The number of carbonyl (C=O) groups excluding carboxylic acids is 4. The first-order valence-corrected chi connectivity index (χ1v) is 25.7. The van der Waals surface area contributed by atoms with E-state index in [1.54, 1.807) is 53.8 Å². The first kappa shape index (κ1) is 52.9. The van der Waals surface area contributed by atoms with Gasteiger partial charge in [-0.05, 0) is 74.1 Å². The average Bonchev–Trinajstić information content (AvgIpc) is 3.79. The number of aryl methyl sites for hydroxylation is 1. The summed E-state index contributed by atoms with van der Waals surface area (Å²) in [6.07, 6.45) is -4.78. The summed E-state index contributed by atoms with van der Waals surface area (Å²) >= 11 is 2.96. The Morgan fingerprint density at radius 1 is 0.959 bits per heavy atom. The molecule has 2 aliphatic heterocycles. The predicted molar refractivity (Wildman–Crippen MR) is 271 cm³/mol. The number of carbonyl (C=O) groups is 4. The van der Waals surface area contributed by atoms with E-state index in [1.165, 1.54) is 30.8 Å². The highest BCUT2D eigenvalue weighted by molar-refractivity contribution is 7.99. The number of hydrogen-bond donors (Lipinski definition) is 5. The quantitative estimate of drug-likeness (QED) is 0.0567. The van der Waals surface area contributed by atoms with Gasteiger partial charge in [0.25, 0.3) is 11.8 Å². The van der Waals surface area contributed by atoms with Crippen molar-refractivity contribution < 1.29 is 46.6 Å². The molecule has 2 aromatic heterocycles. The van der Waals surface area contributed by atoms with Gasteiger partial charge in [-0.15, -0.1) is 23.1 Å². The van der Waals surface area contributed by atoms with Crippen LogP contribution in [-0.4, -0.2) is 134 Å². The zero-order chi connectivity index (χ0) is 52.2. The Bertz CT molecular complexity index is 2800. The molecule has 5 N–H and O–H groups in total. The number of methoxy groups -OCH3 is 1. The van der Waals surface area contributed by atoms with Crippen LogP contribution >= 0.6 is 23.1 Å². The number of piperazine rings is 1. The highest BCUT2D eigenvalue weighted by Crippen LogP contribution is 2.42. The van der Waals surface area contributed by atoms with Gasteiger partial charge >= 0.3 is 6.18 Å². The molecule has 22 heteroatoms. The molecule has 3 aliphatic rings. The van der Waals surface area contributed by atoms with Gasteiger partial charge in [-0.2, -0.15) is 18.2 Å². The highest BCUT2D eigenvalue weighted by atomic mass is 32.2. The molecule has 0 radical (unpaired) electrons. The number of aliphatic hydroxyl groups excluding tert-OH is 1. The van der Waals surface area contributed by atoms with Crippen LogP contribution in [0.3, 0.4) is 0 Å². The molecule has 4 heterocycles. The second-order valence-corrected chi connectivity index (χ2v) is 21.5. The summed E-state index contributed by atoms with van der Waals surface area (Å²) in [7, 11) is 2.75. The number of nitrogens with one attached hydrogen (secondary N) is 4. The van der Waals surface area contributed by atoms with Gasteiger partial charge in [-0.25, -0.2) is 14.4 Å². The van der Waals surface area contributed by atoms with Crippen molar-refractivity contribution >= 4 is 64.2 Å². The van der Waals surface area contributed by atoms with Crippen molar-refractivity contribution in [2.24, 2.45) is 0 Å². The van der Waals surface area contributed by atoms with Crippen molar-refractivity contribution in [3.05, 3.63) is 112 Å². The standard InChI is InChI=1S/C51H58F4N10O6S2/c1-30-41(72-29-59-30)34-12-10-31(11-13-34)24-57-44(67)39-23-36(66)27-65(39)46(69)42(61-47(70)50(52)16-17-50)49(2,3)73-28-33-8-6-32(7-9-33)26-63-18-20-64(21-19-63)45(68)35-14-15-38(40(22-35)71-5)60-48-58-25-37(51(53,54)55)43(56-4)62-48/h6-15,22,25,29,36,39,42,66H,16-21,23-24,26-28H2,1-5H3,(H,57,67)(H,61,70)(H2,56,58,60,62)/t36-,39+,42-/m1/s1. The number of nitrogens with zero attached hydrogens (tertiary/aromatic N) is 6. The molecule has 3 atom stereocenters. The van der Waals surface area contributed by atoms with Crippen molar-refractivity contribution in [3.63, 3.8) is 0 Å². The number of amides is 4. The number of likely N-dealkylation sites (tertiary alicyclic amines) is 1. The summed E-state index contributed by atoms with van der Waals surface area (Å²) in [6, 6.07) is 18.3. The molecule has 0 unspecified atom stereocenters. The van der Waals surface area contributed by atoms with Crippen LogP contribution in [0.1, 0.15) is 71.4 Å².